The molecule has 0 atom stereocenters. The van der Waals surface area contributed by atoms with E-state index in [2.05, 4.69) is 22.3 Å². The van der Waals surface area contributed by atoms with Gasteiger partial charge in [-0.2, -0.15) is 0 Å². The quantitative estimate of drug-likeness (QED) is 0.664. The lowest BCUT2D eigenvalue weighted by Crippen LogP contribution is -2.44. The average molecular weight is 275 g/mol. The lowest BCUT2D eigenvalue weighted by Gasteiger charge is -2.54. The minimum Gasteiger partial charge on any atom is -0.368 e. The van der Waals surface area contributed by atoms with Crippen molar-refractivity contribution in [2.24, 2.45) is 23.7 Å². The van der Waals surface area contributed by atoms with E-state index in [4.69, 9.17) is 5.73 Å². The number of nitrogen functional groups attached to an aromatic ring is 1. The molecule has 4 saturated carbocycles. The fourth-order valence-electron chi connectivity index (χ4n) is 5.14. The maximum atomic E-state index is 5.89. The van der Waals surface area contributed by atoms with E-state index < -0.39 is 0 Å². The molecule has 0 saturated heterocycles. The van der Waals surface area contributed by atoms with Gasteiger partial charge in [0.05, 0.1) is 5.69 Å². The zero-order valence-corrected chi connectivity index (χ0v) is 12.2. The Morgan fingerprint density at radius 2 is 1.68 bits per heavy atom. The smallest absolute Gasteiger partial charge is 0.221 e. The number of nitrogens with two attached hydrogens (primary N) is 1. The SMILES string of the molecule is CSc1cc(C2C3CC4CC(C3)CC2C4)nc(N)n1. The molecular weight excluding hydrogens is 254 g/mol. The Morgan fingerprint density at radius 3 is 2.26 bits per heavy atom. The van der Waals surface area contributed by atoms with Crippen molar-refractivity contribution in [1.82, 2.24) is 9.97 Å². The van der Waals surface area contributed by atoms with Gasteiger partial charge in [-0.3, -0.25) is 0 Å². The summed E-state index contributed by atoms with van der Waals surface area (Å²) in [6, 6.07) is 2.19. The molecule has 3 nitrogen and oxygen atoms in total. The molecule has 19 heavy (non-hydrogen) atoms. The standard InChI is InChI=1S/C15H21N3S/c1-19-13-7-12(17-15(16)18-13)14-10-3-8-2-9(5-10)6-11(14)4-8/h7-11,14H,2-6H2,1H3,(H2,16,17,18). The molecule has 4 heteroatoms. The van der Waals surface area contributed by atoms with Crippen LogP contribution in [0.4, 0.5) is 5.95 Å². The average Bonchev–Trinajstić information content (AvgIpc) is 2.36. The van der Waals surface area contributed by atoms with Crippen LogP contribution in [0.25, 0.3) is 0 Å². The summed E-state index contributed by atoms with van der Waals surface area (Å²) in [5, 5.41) is 1.02. The summed E-state index contributed by atoms with van der Waals surface area (Å²) in [6.07, 6.45) is 9.27. The van der Waals surface area contributed by atoms with Gasteiger partial charge in [-0.1, -0.05) is 0 Å². The summed E-state index contributed by atoms with van der Waals surface area (Å²) in [6.45, 7) is 0. The Morgan fingerprint density at radius 1 is 1.05 bits per heavy atom. The zero-order chi connectivity index (χ0) is 13.0. The van der Waals surface area contributed by atoms with Crippen LogP contribution in [0.2, 0.25) is 0 Å². The van der Waals surface area contributed by atoms with Crippen molar-refractivity contribution in [2.45, 2.75) is 43.0 Å². The van der Waals surface area contributed by atoms with Crippen molar-refractivity contribution in [3.05, 3.63) is 11.8 Å². The topological polar surface area (TPSA) is 51.8 Å². The second-order valence-corrected chi connectivity index (χ2v) is 7.48. The van der Waals surface area contributed by atoms with Crippen LogP contribution in [0, 0.1) is 23.7 Å². The summed E-state index contributed by atoms with van der Waals surface area (Å²) < 4.78 is 0. The predicted molar refractivity (Wildman–Crippen MR) is 78.0 cm³/mol. The molecule has 0 spiro atoms. The summed E-state index contributed by atoms with van der Waals surface area (Å²) >= 11 is 1.67. The van der Waals surface area contributed by atoms with Gasteiger partial charge in [0.2, 0.25) is 5.95 Å². The molecule has 5 rings (SSSR count). The monoisotopic (exact) mass is 275 g/mol. The Labute approximate surface area is 118 Å². The molecule has 1 heterocycles. The van der Waals surface area contributed by atoms with Crippen molar-refractivity contribution in [3.8, 4) is 0 Å². The highest BCUT2D eigenvalue weighted by Gasteiger charge is 2.49. The molecule has 0 radical (unpaired) electrons. The minimum absolute atomic E-state index is 0.454. The number of hydrogen-bond acceptors (Lipinski definition) is 4. The van der Waals surface area contributed by atoms with Gasteiger partial charge in [-0.25, -0.2) is 9.97 Å². The van der Waals surface area contributed by atoms with E-state index >= 15 is 0 Å². The first-order chi connectivity index (χ1) is 9.22. The normalized spacial score (nSPS) is 39.7. The zero-order valence-electron chi connectivity index (χ0n) is 11.4. The Hall–Kier alpha value is -0.770. The fourth-order valence-corrected chi connectivity index (χ4v) is 5.57. The maximum Gasteiger partial charge on any atom is 0.221 e. The Balaban J connectivity index is 1.70. The van der Waals surface area contributed by atoms with E-state index in [0.717, 1.165) is 28.7 Å². The number of anilines is 1. The molecule has 0 aliphatic heterocycles. The van der Waals surface area contributed by atoms with E-state index in [-0.39, 0.29) is 0 Å². The fraction of sp³-hybridized carbons (Fsp3) is 0.733. The van der Waals surface area contributed by atoms with Gasteiger partial charge < -0.3 is 5.73 Å². The lowest BCUT2D eigenvalue weighted by molar-refractivity contribution is -0.00422. The van der Waals surface area contributed by atoms with Gasteiger partial charge in [-0.15, -0.1) is 11.8 Å². The van der Waals surface area contributed by atoms with Crippen molar-refractivity contribution >= 4 is 17.7 Å². The van der Waals surface area contributed by atoms with Gasteiger partial charge in [0.1, 0.15) is 5.03 Å². The van der Waals surface area contributed by atoms with E-state index in [1.165, 1.54) is 37.8 Å². The minimum atomic E-state index is 0.454. The van der Waals surface area contributed by atoms with Crippen molar-refractivity contribution < 1.29 is 0 Å². The van der Waals surface area contributed by atoms with E-state index in [1.54, 1.807) is 11.8 Å². The number of hydrogen-bond donors (Lipinski definition) is 1. The molecule has 4 aliphatic carbocycles. The highest BCUT2D eigenvalue weighted by molar-refractivity contribution is 7.98. The molecule has 0 unspecified atom stereocenters. The second-order valence-electron chi connectivity index (χ2n) is 6.65. The molecule has 1 aromatic heterocycles. The molecule has 4 aliphatic rings. The van der Waals surface area contributed by atoms with Crippen LogP contribution in [-0.4, -0.2) is 16.2 Å². The van der Waals surface area contributed by atoms with Gasteiger partial charge in [-0.05, 0) is 68.1 Å². The molecule has 2 N–H and O–H groups in total. The van der Waals surface area contributed by atoms with Gasteiger partial charge >= 0.3 is 0 Å². The molecule has 0 amide bonds. The molecule has 102 valence electrons. The molecular formula is C15H21N3S. The summed E-state index contributed by atoms with van der Waals surface area (Å²) in [4.78, 5) is 8.88. The van der Waals surface area contributed by atoms with Crippen molar-refractivity contribution in [1.29, 1.82) is 0 Å². The highest BCUT2D eigenvalue weighted by Crippen LogP contribution is 2.59. The first-order valence-electron chi connectivity index (χ1n) is 7.41. The van der Waals surface area contributed by atoms with Crippen LogP contribution in [0.15, 0.2) is 11.1 Å². The highest BCUT2D eigenvalue weighted by atomic mass is 32.2. The summed E-state index contributed by atoms with van der Waals surface area (Å²) in [5.74, 6) is 4.86. The third-order valence-electron chi connectivity index (χ3n) is 5.52. The summed E-state index contributed by atoms with van der Waals surface area (Å²) in [7, 11) is 0. The van der Waals surface area contributed by atoms with E-state index in [9.17, 15) is 0 Å². The predicted octanol–water partition coefficient (Wildman–Crippen LogP) is 3.32. The number of nitrogens with zero attached hydrogens (tertiary/aromatic N) is 2. The van der Waals surface area contributed by atoms with Gasteiger partial charge in [0.25, 0.3) is 0 Å². The second kappa shape index (κ2) is 4.37. The number of rotatable bonds is 2. The Bertz CT molecular complexity index is 474. The first kappa shape index (κ1) is 12.0. The first-order valence-corrected chi connectivity index (χ1v) is 8.64. The van der Waals surface area contributed by atoms with Gasteiger partial charge in [0, 0.05) is 5.92 Å². The molecule has 0 aromatic carbocycles. The molecule has 4 bridgehead atoms. The number of thioether (sulfide) groups is 1. The van der Waals surface area contributed by atoms with Crippen molar-refractivity contribution in [2.75, 3.05) is 12.0 Å². The van der Waals surface area contributed by atoms with Gasteiger partial charge in [0.15, 0.2) is 0 Å². The number of aromatic nitrogens is 2. The molecule has 1 aromatic rings. The van der Waals surface area contributed by atoms with Crippen LogP contribution >= 0.6 is 11.8 Å². The van der Waals surface area contributed by atoms with Crippen LogP contribution in [0.3, 0.4) is 0 Å². The third-order valence-corrected chi connectivity index (χ3v) is 6.14. The largest absolute Gasteiger partial charge is 0.368 e. The van der Waals surface area contributed by atoms with Crippen LogP contribution in [0.1, 0.15) is 43.7 Å². The van der Waals surface area contributed by atoms with Crippen LogP contribution in [0.5, 0.6) is 0 Å². The maximum absolute atomic E-state index is 5.89. The van der Waals surface area contributed by atoms with Crippen LogP contribution < -0.4 is 5.73 Å². The van der Waals surface area contributed by atoms with Crippen molar-refractivity contribution in [3.63, 3.8) is 0 Å². The van der Waals surface area contributed by atoms with Crippen LogP contribution in [-0.2, 0) is 0 Å². The lowest BCUT2D eigenvalue weighted by atomic mass is 9.51. The Kier molecular flexibility index (Phi) is 2.76. The van der Waals surface area contributed by atoms with E-state index in [1.807, 2.05) is 0 Å². The van der Waals surface area contributed by atoms with E-state index in [0.29, 0.717) is 11.9 Å². The molecule has 4 fully saturated rings. The summed E-state index contributed by atoms with van der Waals surface area (Å²) in [5.41, 5.74) is 7.12. The third kappa shape index (κ3) is 1.95.